The van der Waals surface area contributed by atoms with Gasteiger partial charge in [-0.15, -0.1) is 0 Å². The zero-order chi connectivity index (χ0) is 47.9. The third-order valence-corrected chi connectivity index (χ3v) is 12.8. The van der Waals surface area contributed by atoms with Gasteiger partial charge < -0.3 is 34.1 Å². The summed E-state index contributed by atoms with van der Waals surface area (Å²) < 4.78 is 28.6. The van der Waals surface area contributed by atoms with Crippen LogP contribution in [-0.2, 0) is 40.4 Å². The normalized spacial score (nSPS) is 21.4. The summed E-state index contributed by atoms with van der Waals surface area (Å²) >= 11 is 0. The monoisotopic (exact) mass is 926 g/mol. The number of esters is 1. The number of carbonyl (C=O) groups is 4. The van der Waals surface area contributed by atoms with E-state index in [4.69, 9.17) is 23.7 Å². The first-order chi connectivity index (χ1) is 33.8. The summed E-state index contributed by atoms with van der Waals surface area (Å²) in [7, 11) is 3.05. The molecule has 2 saturated heterocycles. The Morgan fingerprint density at radius 2 is 1.43 bits per heavy atom. The Labute approximate surface area is 399 Å². The molecule has 2 fully saturated rings. The van der Waals surface area contributed by atoms with Crippen LogP contribution in [0.1, 0.15) is 57.3 Å². The van der Waals surface area contributed by atoms with E-state index in [-0.39, 0.29) is 38.7 Å². The van der Waals surface area contributed by atoms with Crippen molar-refractivity contribution in [3.05, 3.63) is 191 Å². The van der Waals surface area contributed by atoms with Crippen LogP contribution < -0.4 is 19.7 Å². The number of carbonyl (C=O) groups excluding carboxylic acids is 4. The van der Waals surface area contributed by atoms with E-state index in [1.165, 1.54) is 7.11 Å². The van der Waals surface area contributed by atoms with Crippen molar-refractivity contribution in [3.8, 4) is 23.3 Å². The van der Waals surface area contributed by atoms with Crippen molar-refractivity contribution in [2.24, 2.45) is 5.92 Å². The van der Waals surface area contributed by atoms with E-state index in [1.54, 1.807) is 74.0 Å². The van der Waals surface area contributed by atoms with Crippen LogP contribution in [0.4, 0.5) is 10.5 Å². The molecule has 6 aromatic rings. The Balaban J connectivity index is 1.31. The zero-order valence-corrected chi connectivity index (χ0v) is 38.0. The molecule has 1 aromatic heterocycles. The molecule has 14 nitrogen and oxygen atoms in total. The van der Waals surface area contributed by atoms with Gasteiger partial charge in [0.1, 0.15) is 42.3 Å². The number of cyclic esters (lactones) is 1. The fourth-order valence-electron chi connectivity index (χ4n) is 9.94. The highest BCUT2D eigenvalue weighted by Crippen LogP contribution is 2.66. The molecule has 0 bridgehead atoms. The van der Waals surface area contributed by atoms with Crippen molar-refractivity contribution in [2.45, 2.75) is 36.1 Å². The van der Waals surface area contributed by atoms with Crippen LogP contribution in [0.3, 0.4) is 0 Å². The molecule has 3 aliphatic rings. The highest BCUT2D eigenvalue weighted by Gasteiger charge is 2.75. The van der Waals surface area contributed by atoms with Crippen molar-refractivity contribution < 1.29 is 48.0 Å². The number of rotatable bonds is 14. The van der Waals surface area contributed by atoms with Gasteiger partial charge in [-0.1, -0.05) is 90.7 Å². The molecule has 5 aromatic carbocycles. The number of aliphatic hydroxyl groups excluding tert-OH is 1. The first-order valence-electron chi connectivity index (χ1n) is 22.7. The number of morpholine rings is 1. The molecule has 69 heavy (non-hydrogen) atoms. The molecule has 14 heteroatoms. The van der Waals surface area contributed by atoms with Gasteiger partial charge in [0.05, 0.1) is 44.0 Å². The maximum Gasteiger partial charge on any atom is 0.421 e. The summed E-state index contributed by atoms with van der Waals surface area (Å²) in [6.45, 7) is -0.181. The minimum absolute atomic E-state index is 0.0364. The fourth-order valence-corrected chi connectivity index (χ4v) is 9.94. The number of methoxy groups -OCH3 is 2. The molecule has 3 amide bonds. The molecular weight excluding hydrogens is 877 g/mol. The van der Waals surface area contributed by atoms with Crippen molar-refractivity contribution in [1.82, 2.24) is 15.2 Å². The Kier molecular flexibility index (Phi) is 13.8. The third-order valence-electron chi connectivity index (χ3n) is 12.8. The Hall–Kier alpha value is -7.83. The molecule has 0 radical (unpaired) electrons. The summed E-state index contributed by atoms with van der Waals surface area (Å²) in [5, 5.41) is 12.7. The summed E-state index contributed by atoms with van der Waals surface area (Å²) in [4.78, 5) is 69.3. The van der Waals surface area contributed by atoms with Gasteiger partial charge in [0.2, 0.25) is 11.8 Å². The largest absolute Gasteiger partial charge is 0.497 e. The SMILES string of the molecule is COCCOC(=O)N1C(=O)[C@@]2(c3cc(C#Cc4ccc(OC)cc4)ccc31)[C@H](C(=O)NCCc1ccccn1)[C@H]1C(=O)O[C@H](c3ccccc3)[C@H](c3ccccc3)N1[C@@H]2c1ccc(OCCO)cc1. The predicted octanol–water partition coefficient (Wildman–Crippen LogP) is 6.67. The van der Waals surface area contributed by atoms with Crippen LogP contribution in [-0.4, -0.2) is 92.1 Å². The van der Waals surface area contributed by atoms with Gasteiger partial charge in [-0.25, -0.2) is 9.69 Å². The van der Waals surface area contributed by atoms with Gasteiger partial charge in [0.25, 0.3) is 0 Å². The predicted molar refractivity (Wildman–Crippen MR) is 254 cm³/mol. The van der Waals surface area contributed by atoms with E-state index in [9.17, 15) is 9.90 Å². The number of fused-ring (bicyclic) bond motifs is 3. The van der Waals surface area contributed by atoms with Gasteiger partial charge >= 0.3 is 12.1 Å². The highest BCUT2D eigenvalue weighted by atomic mass is 16.6. The lowest BCUT2D eigenvalue weighted by molar-refractivity contribution is -0.178. The first kappa shape index (κ1) is 46.3. The molecule has 6 atom stereocenters. The lowest BCUT2D eigenvalue weighted by Gasteiger charge is -2.46. The lowest BCUT2D eigenvalue weighted by Crippen LogP contribution is -2.56. The molecular formula is C55H50N4O10. The second kappa shape index (κ2) is 20.6. The van der Waals surface area contributed by atoms with Gasteiger partial charge in [0.15, 0.2) is 0 Å². The summed E-state index contributed by atoms with van der Waals surface area (Å²) in [5.74, 6) is 3.93. The highest BCUT2D eigenvalue weighted by molar-refractivity contribution is 6.23. The van der Waals surface area contributed by atoms with Crippen LogP contribution in [0, 0.1) is 17.8 Å². The van der Waals surface area contributed by atoms with Gasteiger partial charge in [-0.2, -0.15) is 0 Å². The van der Waals surface area contributed by atoms with Crippen LogP contribution >= 0.6 is 0 Å². The van der Waals surface area contributed by atoms with Gasteiger partial charge in [-0.3, -0.25) is 24.3 Å². The Morgan fingerprint density at radius 1 is 0.754 bits per heavy atom. The number of anilines is 1. The quantitative estimate of drug-likeness (QED) is 0.0679. The van der Waals surface area contributed by atoms with E-state index < -0.39 is 59.4 Å². The second-order valence-corrected chi connectivity index (χ2v) is 16.7. The number of hydrogen-bond acceptors (Lipinski definition) is 12. The van der Waals surface area contributed by atoms with Crippen molar-refractivity contribution in [1.29, 1.82) is 0 Å². The van der Waals surface area contributed by atoms with Crippen molar-refractivity contribution in [2.75, 3.05) is 52.1 Å². The Bertz CT molecular complexity index is 2860. The molecule has 0 unspecified atom stereocenters. The smallest absolute Gasteiger partial charge is 0.421 e. The number of imide groups is 1. The average molecular weight is 927 g/mol. The van der Waals surface area contributed by atoms with E-state index in [0.717, 1.165) is 16.2 Å². The molecule has 0 saturated carbocycles. The molecule has 9 rings (SSSR count). The molecule has 1 spiro atoms. The maximum absolute atomic E-state index is 16.4. The molecule has 3 aliphatic heterocycles. The van der Waals surface area contributed by atoms with Crippen molar-refractivity contribution in [3.63, 3.8) is 0 Å². The number of aromatic nitrogens is 1. The molecule has 0 aliphatic carbocycles. The summed E-state index contributed by atoms with van der Waals surface area (Å²) in [6.07, 6.45) is 0.116. The standard InChI is InChI=1S/C55H50N4O10/c1-65-33-34-68-54(64)58-45-27-20-37(17-16-36-18-23-42(66-2)24-19-36)35-44(45)55(53(58)63)46(51(61)57-30-28-41-15-9-10-29-56-41)48-52(62)69-49(39-13-7-4-8-14-39)47(38-11-5-3-6-12-38)59(48)50(55)40-21-25-43(26-22-40)67-32-31-60/h3-15,18-27,29,35,46-50,60H,28,30-34H2,1-2H3,(H,57,61)/t46-,47-,48-,49+,50+,55-/m0/s1. The second-order valence-electron chi connectivity index (χ2n) is 16.7. The minimum Gasteiger partial charge on any atom is -0.497 e. The lowest BCUT2D eigenvalue weighted by atomic mass is 9.65. The minimum atomic E-state index is -2.03. The summed E-state index contributed by atoms with van der Waals surface area (Å²) in [6, 6.07) is 40.4. The molecule has 4 heterocycles. The van der Waals surface area contributed by atoms with Gasteiger partial charge in [0, 0.05) is 43.1 Å². The number of ether oxygens (including phenoxy) is 5. The fraction of sp³-hybridized carbons (Fsp3) is 0.255. The van der Waals surface area contributed by atoms with Crippen molar-refractivity contribution >= 4 is 29.6 Å². The van der Waals surface area contributed by atoms with Crippen LogP contribution in [0.2, 0.25) is 0 Å². The first-order valence-corrected chi connectivity index (χ1v) is 22.7. The summed E-state index contributed by atoms with van der Waals surface area (Å²) in [5.41, 5.74) is 2.30. The van der Waals surface area contributed by atoms with E-state index >= 15 is 14.4 Å². The number of pyridine rings is 1. The topological polar surface area (TPSA) is 166 Å². The van der Waals surface area contributed by atoms with Crippen LogP contribution in [0.25, 0.3) is 0 Å². The third kappa shape index (κ3) is 8.91. The van der Waals surface area contributed by atoms with Gasteiger partial charge in [-0.05, 0) is 89.0 Å². The number of hydrogen-bond donors (Lipinski definition) is 2. The average Bonchev–Trinajstić information content (AvgIpc) is 3.85. The Morgan fingerprint density at radius 3 is 2.12 bits per heavy atom. The maximum atomic E-state index is 16.4. The van der Waals surface area contributed by atoms with E-state index in [2.05, 4.69) is 22.1 Å². The number of nitrogens with zero attached hydrogens (tertiary/aromatic N) is 3. The number of nitrogens with one attached hydrogen (secondary N) is 1. The van der Waals surface area contributed by atoms with E-state index in [0.29, 0.717) is 45.7 Å². The number of benzene rings is 5. The number of amides is 3. The zero-order valence-electron chi connectivity index (χ0n) is 38.0. The van der Waals surface area contributed by atoms with Crippen LogP contribution in [0.5, 0.6) is 11.5 Å². The molecule has 350 valence electrons. The number of aliphatic hydroxyl groups is 1. The van der Waals surface area contributed by atoms with Crippen LogP contribution in [0.15, 0.2) is 152 Å². The molecule has 2 N–H and O–H groups in total. The van der Waals surface area contributed by atoms with E-state index in [1.807, 2.05) is 89.8 Å².